The molecular formula is C24H23N3O4. The summed E-state index contributed by atoms with van der Waals surface area (Å²) in [6, 6.07) is 20.4. The molecule has 0 unspecified atom stereocenters. The summed E-state index contributed by atoms with van der Waals surface area (Å²) in [5.41, 5.74) is 1.57. The summed E-state index contributed by atoms with van der Waals surface area (Å²) >= 11 is 0. The zero-order chi connectivity index (χ0) is 21.6. The number of piperazine rings is 1. The third-order valence-corrected chi connectivity index (χ3v) is 5.25. The van der Waals surface area contributed by atoms with Crippen molar-refractivity contribution in [1.82, 2.24) is 4.90 Å². The number of carbonyl (C=O) groups is 1. The largest absolute Gasteiger partial charge is 0.497 e. The molecule has 1 amide bonds. The van der Waals surface area contributed by atoms with Gasteiger partial charge in [-0.1, -0.05) is 12.1 Å². The van der Waals surface area contributed by atoms with Crippen molar-refractivity contribution in [3.05, 3.63) is 77.7 Å². The monoisotopic (exact) mass is 417 g/mol. The van der Waals surface area contributed by atoms with Gasteiger partial charge in [0.2, 0.25) is 0 Å². The minimum Gasteiger partial charge on any atom is -0.497 e. The Labute approximate surface area is 181 Å². The number of furan rings is 1. The molecule has 0 N–H and O–H groups in total. The predicted octanol–water partition coefficient (Wildman–Crippen LogP) is 3.70. The van der Waals surface area contributed by atoms with Crippen molar-refractivity contribution >= 4 is 11.6 Å². The van der Waals surface area contributed by atoms with E-state index in [4.69, 9.17) is 19.2 Å². The van der Waals surface area contributed by atoms with E-state index in [0.29, 0.717) is 35.9 Å². The Hall–Kier alpha value is -3.92. The van der Waals surface area contributed by atoms with E-state index in [2.05, 4.69) is 11.0 Å². The molecule has 7 heteroatoms. The first-order valence-electron chi connectivity index (χ1n) is 10.1. The maximum atomic E-state index is 12.8. The van der Waals surface area contributed by atoms with Crippen LogP contribution in [-0.2, 0) is 6.61 Å². The number of ether oxygens (including phenoxy) is 2. The van der Waals surface area contributed by atoms with Gasteiger partial charge in [0, 0.05) is 31.9 Å². The number of rotatable bonds is 6. The number of hydrogen-bond acceptors (Lipinski definition) is 6. The maximum absolute atomic E-state index is 12.8. The minimum absolute atomic E-state index is 0.127. The van der Waals surface area contributed by atoms with Crippen LogP contribution in [0.4, 0.5) is 5.69 Å². The van der Waals surface area contributed by atoms with Gasteiger partial charge < -0.3 is 23.7 Å². The van der Waals surface area contributed by atoms with Gasteiger partial charge in [0.25, 0.3) is 5.91 Å². The molecule has 4 rings (SSSR count). The lowest BCUT2D eigenvalue weighted by molar-refractivity contribution is 0.0710. The van der Waals surface area contributed by atoms with Crippen LogP contribution in [0.2, 0.25) is 0 Å². The third kappa shape index (κ3) is 4.64. The third-order valence-electron chi connectivity index (χ3n) is 5.25. The first kappa shape index (κ1) is 20.4. The van der Waals surface area contributed by atoms with Gasteiger partial charge in [0.15, 0.2) is 5.76 Å². The average Bonchev–Trinajstić information content (AvgIpc) is 3.31. The molecule has 0 saturated carbocycles. The molecule has 0 bridgehead atoms. The Kier molecular flexibility index (Phi) is 6.08. The average molecular weight is 417 g/mol. The molecule has 0 atom stereocenters. The molecule has 3 aromatic rings. The molecular weight excluding hydrogens is 394 g/mol. The summed E-state index contributed by atoms with van der Waals surface area (Å²) in [5, 5.41) is 9.14. The fraction of sp³-hybridized carbons (Fsp3) is 0.250. The van der Waals surface area contributed by atoms with Gasteiger partial charge in [-0.05, 0) is 48.5 Å². The Morgan fingerprint density at radius 1 is 1.03 bits per heavy atom. The van der Waals surface area contributed by atoms with Gasteiger partial charge in [0.1, 0.15) is 29.9 Å². The number of para-hydroxylation sites is 1. The van der Waals surface area contributed by atoms with Gasteiger partial charge in [-0.3, -0.25) is 4.79 Å². The molecule has 0 radical (unpaired) electrons. The van der Waals surface area contributed by atoms with Crippen LogP contribution >= 0.6 is 0 Å². The van der Waals surface area contributed by atoms with Crippen molar-refractivity contribution in [2.45, 2.75) is 6.61 Å². The van der Waals surface area contributed by atoms with Crippen molar-refractivity contribution in [3.63, 3.8) is 0 Å². The van der Waals surface area contributed by atoms with Gasteiger partial charge in [-0.2, -0.15) is 5.26 Å². The number of benzene rings is 2. The number of carbonyl (C=O) groups excluding carboxylic acids is 1. The number of hydrogen-bond donors (Lipinski definition) is 0. The summed E-state index contributed by atoms with van der Waals surface area (Å²) in [6.45, 7) is 2.89. The van der Waals surface area contributed by atoms with Crippen LogP contribution < -0.4 is 14.4 Å². The molecule has 1 fully saturated rings. The van der Waals surface area contributed by atoms with Gasteiger partial charge >= 0.3 is 0 Å². The van der Waals surface area contributed by atoms with Gasteiger partial charge in [-0.25, -0.2) is 0 Å². The fourth-order valence-corrected chi connectivity index (χ4v) is 3.52. The normalized spacial score (nSPS) is 13.5. The summed E-state index contributed by atoms with van der Waals surface area (Å²) in [5.74, 6) is 2.02. The smallest absolute Gasteiger partial charge is 0.289 e. The first-order valence-corrected chi connectivity index (χ1v) is 10.1. The van der Waals surface area contributed by atoms with Crippen molar-refractivity contribution in [2.24, 2.45) is 0 Å². The minimum atomic E-state index is -0.127. The molecule has 1 saturated heterocycles. The number of nitrogens with zero attached hydrogens (tertiary/aromatic N) is 3. The van der Waals surface area contributed by atoms with Crippen LogP contribution in [0.5, 0.6) is 11.5 Å². The zero-order valence-electron chi connectivity index (χ0n) is 17.3. The summed E-state index contributed by atoms with van der Waals surface area (Å²) in [7, 11) is 1.65. The number of amides is 1. The summed E-state index contributed by atoms with van der Waals surface area (Å²) < 4.78 is 16.6. The molecule has 1 aromatic heterocycles. The van der Waals surface area contributed by atoms with E-state index in [1.807, 2.05) is 24.3 Å². The number of nitriles is 1. The molecule has 158 valence electrons. The predicted molar refractivity (Wildman–Crippen MR) is 115 cm³/mol. The van der Waals surface area contributed by atoms with Crippen LogP contribution in [-0.4, -0.2) is 44.1 Å². The second kappa shape index (κ2) is 9.26. The summed E-state index contributed by atoms with van der Waals surface area (Å²) in [4.78, 5) is 16.9. The summed E-state index contributed by atoms with van der Waals surface area (Å²) in [6.07, 6.45) is 0. The lowest BCUT2D eigenvalue weighted by Crippen LogP contribution is -2.48. The molecule has 0 spiro atoms. The molecule has 31 heavy (non-hydrogen) atoms. The highest BCUT2D eigenvalue weighted by Crippen LogP contribution is 2.22. The van der Waals surface area contributed by atoms with Crippen LogP contribution in [0.3, 0.4) is 0 Å². The highest BCUT2D eigenvalue weighted by molar-refractivity contribution is 5.91. The topological polar surface area (TPSA) is 78.9 Å². The Morgan fingerprint density at radius 2 is 1.77 bits per heavy atom. The van der Waals surface area contributed by atoms with Crippen molar-refractivity contribution < 1.29 is 18.7 Å². The fourth-order valence-electron chi connectivity index (χ4n) is 3.52. The lowest BCUT2D eigenvalue weighted by Gasteiger charge is -2.35. The van der Waals surface area contributed by atoms with E-state index in [0.717, 1.165) is 24.5 Å². The Morgan fingerprint density at radius 3 is 2.48 bits per heavy atom. The zero-order valence-corrected chi connectivity index (χ0v) is 17.3. The molecule has 0 aliphatic carbocycles. The molecule has 2 heterocycles. The van der Waals surface area contributed by atoms with E-state index in [9.17, 15) is 4.79 Å². The van der Waals surface area contributed by atoms with Crippen molar-refractivity contribution in [3.8, 4) is 17.6 Å². The lowest BCUT2D eigenvalue weighted by atomic mass is 10.2. The Balaban J connectivity index is 1.32. The quantitative estimate of drug-likeness (QED) is 0.609. The SMILES string of the molecule is COc1ccc(N2CCN(C(=O)c3ccc(COc4ccccc4C#N)o3)CC2)cc1. The highest BCUT2D eigenvalue weighted by Gasteiger charge is 2.24. The van der Waals surface area contributed by atoms with Crippen molar-refractivity contribution in [1.29, 1.82) is 5.26 Å². The van der Waals surface area contributed by atoms with Crippen LogP contribution in [0, 0.1) is 11.3 Å². The van der Waals surface area contributed by atoms with Gasteiger partial charge in [-0.15, -0.1) is 0 Å². The molecule has 1 aliphatic heterocycles. The van der Waals surface area contributed by atoms with E-state index < -0.39 is 0 Å². The molecule has 7 nitrogen and oxygen atoms in total. The van der Waals surface area contributed by atoms with E-state index >= 15 is 0 Å². The maximum Gasteiger partial charge on any atom is 0.289 e. The number of methoxy groups -OCH3 is 1. The van der Waals surface area contributed by atoms with Crippen molar-refractivity contribution in [2.75, 3.05) is 38.2 Å². The first-order chi connectivity index (χ1) is 15.2. The highest BCUT2D eigenvalue weighted by atomic mass is 16.5. The van der Waals surface area contributed by atoms with Crippen LogP contribution in [0.1, 0.15) is 21.9 Å². The standard InChI is InChI=1S/C24H23N3O4/c1-29-20-8-6-19(7-9-20)26-12-14-27(15-13-26)24(28)23-11-10-21(31-23)17-30-22-5-3-2-4-18(22)16-25/h2-11H,12-15,17H2,1H3. The number of anilines is 1. The second-order valence-corrected chi connectivity index (χ2v) is 7.14. The second-order valence-electron chi connectivity index (χ2n) is 7.14. The van der Waals surface area contributed by atoms with Crippen LogP contribution in [0.15, 0.2) is 65.1 Å². The van der Waals surface area contributed by atoms with E-state index in [1.165, 1.54) is 0 Å². The van der Waals surface area contributed by atoms with E-state index in [-0.39, 0.29) is 12.5 Å². The van der Waals surface area contributed by atoms with E-state index in [1.54, 1.807) is 48.4 Å². The van der Waals surface area contributed by atoms with Gasteiger partial charge in [0.05, 0.1) is 12.7 Å². The molecule has 2 aromatic carbocycles. The molecule has 1 aliphatic rings. The van der Waals surface area contributed by atoms with Crippen LogP contribution in [0.25, 0.3) is 0 Å². The Bertz CT molecular complexity index is 1080.